The Morgan fingerprint density at radius 2 is 2.06 bits per heavy atom. The molecule has 1 aliphatic rings. The third-order valence-corrected chi connectivity index (χ3v) is 5.80. The summed E-state index contributed by atoms with van der Waals surface area (Å²) in [5.41, 5.74) is 4.41. The van der Waals surface area contributed by atoms with Gasteiger partial charge >= 0.3 is 0 Å². The van der Waals surface area contributed by atoms with Crippen LogP contribution < -0.4 is 4.74 Å². The molecule has 94 valence electrons. The molecule has 0 saturated carbocycles. The number of ether oxygens (including phenoxy) is 1. The van der Waals surface area contributed by atoms with Crippen molar-refractivity contribution in [1.29, 1.82) is 0 Å². The zero-order valence-corrected chi connectivity index (χ0v) is 12.7. The van der Waals surface area contributed by atoms with E-state index in [4.69, 9.17) is 4.74 Å². The average molecular weight is 323 g/mol. The van der Waals surface area contributed by atoms with Crippen LogP contribution in [0.2, 0.25) is 0 Å². The predicted molar refractivity (Wildman–Crippen MR) is 80.1 cm³/mol. The van der Waals surface area contributed by atoms with Crippen LogP contribution in [0.5, 0.6) is 5.75 Å². The number of aryl methyl sites for hydroxylation is 2. The highest BCUT2D eigenvalue weighted by molar-refractivity contribution is 9.09. The summed E-state index contributed by atoms with van der Waals surface area (Å²) in [6.45, 7) is 0. The molecule has 0 radical (unpaired) electrons. The molecule has 1 aromatic carbocycles. The summed E-state index contributed by atoms with van der Waals surface area (Å²) in [5.74, 6) is 0.945. The zero-order valence-electron chi connectivity index (χ0n) is 10.3. The van der Waals surface area contributed by atoms with Gasteiger partial charge in [0.15, 0.2) is 0 Å². The lowest BCUT2D eigenvalue weighted by Gasteiger charge is -2.10. The molecule has 18 heavy (non-hydrogen) atoms. The highest BCUT2D eigenvalue weighted by Gasteiger charge is 2.17. The highest BCUT2D eigenvalue weighted by Crippen LogP contribution is 2.38. The molecule has 1 aliphatic carbocycles. The van der Waals surface area contributed by atoms with Gasteiger partial charge in [0.2, 0.25) is 0 Å². The first-order valence-corrected chi connectivity index (χ1v) is 7.95. The molecule has 0 spiro atoms. The highest BCUT2D eigenvalue weighted by atomic mass is 79.9. The summed E-state index contributed by atoms with van der Waals surface area (Å²) in [5, 5.41) is 2.05. The second kappa shape index (κ2) is 5.06. The first-order valence-electron chi connectivity index (χ1n) is 6.16. The summed E-state index contributed by atoms with van der Waals surface area (Å²) >= 11 is 5.54. The Labute approximate surface area is 120 Å². The van der Waals surface area contributed by atoms with Gasteiger partial charge in [0.1, 0.15) is 5.75 Å². The third kappa shape index (κ3) is 2.21. The summed E-state index contributed by atoms with van der Waals surface area (Å²) < 4.78 is 5.24. The second-order valence-corrected chi connectivity index (χ2v) is 6.49. The van der Waals surface area contributed by atoms with Crippen LogP contribution in [0.25, 0.3) is 0 Å². The Kier molecular flexibility index (Phi) is 3.44. The van der Waals surface area contributed by atoms with E-state index in [0.717, 1.165) is 5.75 Å². The summed E-state index contributed by atoms with van der Waals surface area (Å²) in [7, 11) is 1.71. The van der Waals surface area contributed by atoms with Gasteiger partial charge in [-0.2, -0.15) is 0 Å². The minimum absolute atomic E-state index is 0.275. The average Bonchev–Trinajstić information content (AvgIpc) is 3.05. The van der Waals surface area contributed by atoms with Gasteiger partial charge < -0.3 is 4.74 Å². The van der Waals surface area contributed by atoms with Crippen LogP contribution in [0.15, 0.2) is 29.6 Å². The first-order chi connectivity index (χ1) is 8.78. The van der Waals surface area contributed by atoms with Crippen LogP contribution in [0, 0.1) is 0 Å². The Balaban J connectivity index is 1.89. The molecule has 1 unspecified atom stereocenters. The van der Waals surface area contributed by atoms with E-state index in [1.165, 1.54) is 40.8 Å². The molecule has 0 saturated heterocycles. The Hall–Kier alpha value is -0.800. The molecule has 0 fully saturated rings. The fourth-order valence-electron chi connectivity index (χ4n) is 2.49. The second-order valence-electron chi connectivity index (χ2n) is 4.63. The minimum Gasteiger partial charge on any atom is -0.496 e. The quantitative estimate of drug-likeness (QED) is 0.742. The standard InChI is InChI=1S/C15H15BrOS/c1-17-13-8-14(18-9-13)15(16)12-6-5-10-3-2-4-11(10)7-12/h5-9,15H,2-4H2,1H3. The molecule has 3 heteroatoms. The van der Waals surface area contributed by atoms with E-state index < -0.39 is 0 Å². The summed E-state index contributed by atoms with van der Waals surface area (Å²) in [6.07, 6.45) is 3.78. The van der Waals surface area contributed by atoms with E-state index in [1.54, 1.807) is 18.4 Å². The van der Waals surface area contributed by atoms with Gasteiger partial charge in [0, 0.05) is 10.3 Å². The minimum atomic E-state index is 0.275. The molecule has 3 rings (SSSR count). The number of hydrogen-bond donors (Lipinski definition) is 0. The van der Waals surface area contributed by atoms with Gasteiger partial charge in [-0.25, -0.2) is 0 Å². The number of hydrogen-bond acceptors (Lipinski definition) is 2. The Bertz CT molecular complexity index is 561. The van der Waals surface area contributed by atoms with Crippen molar-refractivity contribution in [3.8, 4) is 5.75 Å². The maximum Gasteiger partial charge on any atom is 0.129 e. The van der Waals surface area contributed by atoms with Crippen molar-refractivity contribution in [2.75, 3.05) is 7.11 Å². The molecular weight excluding hydrogens is 308 g/mol. The molecule has 1 heterocycles. The number of halogens is 1. The van der Waals surface area contributed by atoms with Crippen molar-refractivity contribution in [2.45, 2.75) is 24.1 Å². The number of alkyl halides is 1. The van der Waals surface area contributed by atoms with Gasteiger partial charge in [-0.3, -0.25) is 0 Å². The molecule has 1 atom stereocenters. The predicted octanol–water partition coefficient (Wildman–Crippen LogP) is 4.73. The number of methoxy groups -OCH3 is 1. The maximum atomic E-state index is 5.24. The number of fused-ring (bicyclic) bond motifs is 1. The fourth-order valence-corrected chi connectivity index (χ4v) is 4.08. The lowest BCUT2D eigenvalue weighted by molar-refractivity contribution is 0.416. The van der Waals surface area contributed by atoms with E-state index in [0.29, 0.717) is 0 Å². The lowest BCUT2D eigenvalue weighted by Crippen LogP contribution is -1.92. The third-order valence-electron chi connectivity index (χ3n) is 3.50. The SMILES string of the molecule is COc1csc(C(Br)c2ccc3c(c2)CCC3)c1. The largest absolute Gasteiger partial charge is 0.496 e. The lowest BCUT2D eigenvalue weighted by atomic mass is 10.0. The summed E-state index contributed by atoms with van der Waals surface area (Å²) in [6, 6.07) is 9.00. The van der Waals surface area contributed by atoms with E-state index in [1.807, 2.05) is 0 Å². The van der Waals surface area contributed by atoms with Crippen molar-refractivity contribution >= 4 is 27.3 Å². The van der Waals surface area contributed by atoms with Gasteiger partial charge in [-0.05, 0) is 42.0 Å². The normalized spacial score (nSPS) is 15.4. The molecule has 0 bridgehead atoms. The van der Waals surface area contributed by atoms with Crippen LogP contribution in [0.3, 0.4) is 0 Å². The molecule has 0 N–H and O–H groups in total. The molecule has 1 nitrogen and oxygen atoms in total. The van der Waals surface area contributed by atoms with Crippen molar-refractivity contribution in [3.05, 3.63) is 51.2 Å². The zero-order chi connectivity index (χ0) is 12.5. The number of thiophene rings is 1. The maximum absolute atomic E-state index is 5.24. The Morgan fingerprint density at radius 3 is 2.83 bits per heavy atom. The van der Waals surface area contributed by atoms with Crippen LogP contribution >= 0.6 is 27.3 Å². The molecule has 1 aromatic heterocycles. The van der Waals surface area contributed by atoms with Crippen LogP contribution in [-0.2, 0) is 12.8 Å². The molecular formula is C15H15BrOS. The molecule has 0 aliphatic heterocycles. The van der Waals surface area contributed by atoms with E-state index in [-0.39, 0.29) is 4.83 Å². The Morgan fingerprint density at radius 1 is 1.22 bits per heavy atom. The number of rotatable bonds is 3. The van der Waals surface area contributed by atoms with Crippen molar-refractivity contribution in [2.24, 2.45) is 0 Å². The van der Waals surface area contributed by atoms with E-state index in [2.05, 4.69) is 45.6 Å². The van der Waals surface area contributed by atoms with Crippen LogP contribution in [0.4, 0.5) is 0 Å². The monoisotopic (exact) mass is 322 g/mol. The van der Waals surface area contributed by atoms with Gasteiger partial charge in [-0.15, -0.1) is 11.3 Å². The van der Waals surface area contributed by atoms with E-state index >= 15 is 0 Å². The fraction of sp³-hybridized carbons (Fsp3) is 0.333. The first kappa shape index (κ1) is 12.2. The number of benzene rings is 1. The topological polar surface area (TPSA) is 9.23 Å². The molecule has 2 aromatic rings. The van der Waals surface area contributed by atoms with Crippen LogP contribution in [0.1, 0.15) is 32.8 Å². The van der Waals surface area contributed by atoms with Crippen molar-refractivity contribution in [3.63, 3.8) is 0 Å². The van der Waals surface area contributed by atoms with Gasteiger partial charge in [-0.1, -0.05) is 34.1 Å². The van der Waals surface area contributed by atoms with Crippen molar-refractivity contribution in [1.82, 2.24) is 0 Å². The van der Waals surface area contributed by atoms with Gasteiger partial charge in [0.25, 0.3) is 0 Å². The summed E-state index contributed by atoms with van der Waals surface area (Å²) in [4.78, 5) is 1.57. The smallest absolute Gasteiger partial charge is 0.129 e. The van der Waals surface area contributed by atoms with Gasteiger partial charge in [0.05, 0.1) is 11.9 Å². The van der Waals surface area contributed by atoms with E-state index in [9.17, 15) is 0 Å². The van der Waals surface area contributed by atoms with Crippen molar-refractivity contribution < 1.29 is 4.74 Å². The molecule has 0 amide bonds. The van der Waals surface area contributed by atoms with Crippen LogP contribution in [-0.4, -0.2) is 7.11 Å².